The van der Waals surface area contributed by atoms with Crippen LogP contribution in [0.2, 0.25) is 0 Å². The van der Waals surface area contributed by atoms with Crippen LogP contribution >= 0.6 is 0 Å². The van der Waals surface area contributed by atoms with Gasteiger partial charge in [0, 0.05) is 25.3 Å². The summed E-state index contributed by atoms with van der Waals surface area (Å²) in [7, 11) is 4.22. The molecule has 1 aliphatic rings. The minimum atomic E-state index is 0.0178. The van der Waals surface area contributed by atoms with Crippen molar-refractivity contribution in [2.45, 2.75) is 19.8 Å². The first-order chi connectivity index (χ1) is 9.99. The van der Waals surface area contributed by atoms with E-state index >= 15 is 0 Å². The topological polar surface area (TPSA) is 90.9 Å². The Morgan fingerprint density at radius 1 is 1.43 bits per heavy atom. The minimum Gasteiger partial charge on any atom is -0.409 e. The summed E-state index contributed by atoms with van der Waals surface area (Å²) in [6.45, 7) is 4.89. The first kappa shape index (κ1) is 15.5. The van der Waals surface area contributed by atoms with Crippen LogP contribution in [0.4, 0.5) is 5.95 Å². The normalized spacial score (nSPS) is 17.5. The van der Waals surface area contributed by atoms with E-state index in [9.17, 15) is 0 Å². The molecule has 0 saturated carbocycles. The third-order valence-corrected chi connectivity index (χ3v) is 3.73. The average molecular weight is 292 g/mol. The number of hydrogen-bond acceptors (Lipinski definition) is 6. The van der Waals surface area contributed by atoms with Crippen LogP contribution in [-0.2, 0) is 0 Å². The maximum Gasteiger partial charge on any atom is 0.226 e. The van der Waals surface area contributed by atoms with Crippen LogP contribution in [0.3, 0.4) is 0 Å². The van der Waals surface area contributed by atoms with E-state index in [1.54, 1.807) is 6.07 Å². The molecule has 0 unspecified atom stereocenters. The van der Waals surface area contributed by atoms with Gasteiger partial charge in [0.2, 0.25) is 5.95 Å². The molecule has 0 bridgehead atoms. The second-order valence-electron chi connectivity index (χ2n) is 5.87. The molecular formula is C14H24N6O. The van der Waals surface area contributed by atoms with E-state index in [-0.39, 0.29) is 5.84 Å². The summed E-state index contributed by atoms with van der Waals surface area (Å²) in [6.07, 6.45) is 2.27. The van der Waals surface area contributed by atoms with Crippen molar-refractivity contribution in [1.82, 2.24) is 14.9 Å². The Morgan fingerprint density at radius 2 is 2.10 bits per heavy atom. The summed E-state index contributed by atoms with van der Waals surface area (Å²) < 4.78 is 0. The number of hydrogen-bond donors (Lipinski definition) is 2. The highest BCUT2D eigenvalue weighted by Crippen LogP contribution is 2.21. The van der Waals surface area contributed by atoms with Gasteiger partial charge in [0.15, 0.2) is 5.84 Å². The largest absolute Gasteiger partial charge is 0.409 e. The van der Waals surface area contributed by atoms with Crippen LogP contribution in [-0.4, -0.2) is 59.6 Å². The predicted molar refractivity (Wildman–Crippen MR) is 82.8 cm³/mol. The minimum absolute atomic E-state index is 0.0178. The van der Waals surface area contributed by atoms with E-state index < -0.39 is 0 Å². The molecule has 0 radical (unpaired) electrons. The molecule has 3 N–H and O–H groups in total. The molecule has 0 aliphatic carbocycles. The smallest absolute Gasteiger partial charge is 0.226 e. The molecule has 21 heavy (non-hydrogen) atoms. The molecule has 7 heteroatoms. The van der Waals surface area contributed by atoms with Crippen molar-refractivity contribution in [3.63, 3.8) is 0 Å². The fourth-order valence-electron chi connectivity index (χ4n) is 2.71. The van der Waals surface area contributed by atoms with Crippen molar-refractivity contribution in [3.05, 3.63) is 17.5 Å². The first-order valence-electron chi connectivity index (χ1n) is 7.23. The number of rotatable bonds is 4. The van der Waals surface area contributed by atoms with Gasteiger partial charge in [-0.2, -0.15) is 0 Å². The highest BCUT2D eigenvalue weighted by molar-refractivity contribution is 5.95. The number of amidine groups is 1. The number of aryl methyl sites for hydroxylation is 1. The van der Waals surface area contributed by atoms with Gasteiger partial charge in [-0.1, -0.05) is 5.16 Å². The van der Waals surface area contributed by atoms with Gasteiger partial charge in [0.05, 0.1) is 0 Å². The monoisotopic (exact) mass is 292 g/mol. The number of nitrogens with two attached hydrogens (primary N) is 1. The van der Waals surface area contributed by atoms with E-state index in [0.717, 1.165) is 44.1 Å². The molecule has 2 rings (SSSR count). The zero-order chi connectivity index (χ0) is 15.4. The SMILES string of the molecule is Cc1cc(/C(N)=N/O)nc(N2CCC(CN(C)C)CC2)n1. The van der Waals surface area contributed by atoms with Crippen molar-refractivity contribution in [2.24, 2.45) is 16.8 Å². The highest BCUT2D eigenvalue weighted by Gasteiger charge is 2.22. The molecule has 0 atom stereocenters. The summed E-state index contributed by atoms with van der Waals surface area (Å²) >= 11 is 0. The summed E-state index contributed by atoms with van der Waals surface area (Å²) in [4.78, 5) is 13.3. The van der Waals surface area contributed by atoms with Crippen LogP contribution in [0.15, 0.2) is 11.2 Å². The van der Waals surface area contributed by atoms with Gasteiger partial charge >= 0.3 is 0 Å². The molecule has 0 aromatic carbocycles. The van der Waals surface area contributed by atoms with Crippen LogP contribution in [0.1, 0.15) is 24.2 Å². The van der Waals surface area contributed by atoms with Gasteiger partial charge in [-0.25, -0.2) is 9.97 Å². The Bertz CT molecular complexity index is 508. The molecule has 2 heterocycles. The van der Waals surface area contributed by atoms with Gasteiger partial charge in [-0.3, -0.25) is 0 Å². The highest BCUT2D eigenvalue weighted by atomic mass is 16.4. The third-order valence-electron chi connectivity index (χ3n) is 3.73. The number of anilines is 1. The fraction of sp³-hybridized carbons (Fsp3) is 0.643. The standard InChI is InChI=1S/C14H24N6O/c1-10-8-12(13(15)18-21)17-14(16-10)20-6-4-11(5-7-20)9-19(2)3/h8,11,21H,4-7,9H2,1-3H3,(H2,15,18). The molecule has 0 spiro atoms. The molecule has 116 valence electrons. The van der Waals surface area contributed by atoms with E-state index in [1.165, 1.54) is 0 Å². The molecule has 1 fully saturated rings. The summed E-state index contributed by atoms with van der Waals surface area (Å²) in [5.41, 5.74) is 6.91. The van der Waals surface area contributed by atoms with E-state index in [0.29, 0.717) is 11.6 Å². The number of oxime groups is 1. The molecule has 7 nitrogen and oxygen atoms in total. The zero-order valence-corrected chi connectivity index (χ0v) is 13.0. The van der Waals surface area contributed by atoms with Gasteiger partial charge in [-0.15, -0.1) is 0 Å². The van der Waals surface area contributed by atoms with Crippen molar-refractivity contribution < 1.29 is 5.21 Å². The molecular weight excluding hydrogens is 268 g/mol. The Morgan fingerprint density at radius 3 is 2.67 bits per heavy atom. The lowest BCUT2D eigenvalue weighted by molar-refractivity contribution is 0.284. The van der Waals surface area contributed by atoms with Crippen molar-refractivity contribution in [3.8, 4) is 0 Å². The van der Waals surface area contributed by atoms with E-state index in [1.807, 2.05) is 6.92 Å². The second-order valence-corrected chi connectivity index (χ2v) is 5.87. The van der Waals surface area contributed by atoms with Crippen LogP contribution < -0.4 is 10.6 Å². The summed E-state index contributed by atoms with van der Waals surface area (Å²) in [5.74, 6) is 1.41. The van der Waals surface area contributed by atoms with Gasteiger partial charge in [0.25, 0.3) is 0 Å². The Balaban J connectivity index is 2.08. The number of piperidine rings is 1. The number of aromatic nitrogens is 2. The predicted octanol–water partition coefficient (Wildman–Crippen LogP) is 0.658. The summed E-state index contributed by atoms with van der Waals surface area (Å²) in [5, 5.41) is 11.8. The first-order valence-corrected chi connectivity index (χ1v) is 7.23. The third kappa shape index (κ3) is 4.04. The van der Waals surface area contributed by atoms with E-state index in [4.69, 9.17) is 10.9 Å². The lowest BCUT2D eigenvalue weighted by Crippen LogP contribution is -2.38. The Labute approximate surface area is 125 Å². The molecule has 1 aliphatic heterocycles. The van der Waals surface area contributed by atoms with Gasteiger partial charge in [0.1, 0.15) is 5.69 Å². The van der Waals surface area contributed by atoms with Crippen LogP contribution in [0.25, 0.3) is 0 Å². The van der Waals surface area contributed by atoms with Gasteiger partial charge < -0.3 is 20.7 Å². The molecule has 1 saturated heterocycles. The van der Waals surface area contributed by atoms with Crippen LogP contribution in [0, 0.1) is 12.8 Å². The molecule has 1 aromatic rings. The second kappa shape index (κ2) is 6.71. The summed E-state index contributed by atoms with van der Waals surface area (Å²) in [6, 6.07) is 1.72. The Hall–Kier alpha value is -1.89. The Kier molecular flexibility index (Phi) is 4.95. The van der Waals surface area contributed by atoms with Crippen LogP contribution in [0.5, 0.6) is 0 Å². The lowest BCUT2D eigenvalue weighted by atomic mass is 9.97. The van der Waals surface area contributed by atoms with Crippen molar-refractivity contribution in [2.75, 3.05) is 38.6 Å². The molecule has 1 aromatic heterocycles. The van der Waals surface area contributed by atoms with E-state index in [2.05, 4.69) is 39.0 Å². The van der Waals surface area contributed by atoms with Gasteiger partial charge in [-0.05, 0) is 45.8 Å². The average Bonchev–Trinajstić information content (AvgIpc) is 2.46. The lowest BCUT2D eigenvalue weighted by Gasteiger charge is -2.33. The quantitative estimate of drug-likeness (QED) is 0.367. The van der Waals surface area contributed by atoms with Crippen molar-refractivity contribution in [1.29, 1.82) is 0 Å². The van der Waals surface area contributed by atoms with Crippen molar-refractivity contribution >= 4 is 11.8 Å². The maximum absolute atomic E-state index is 8.78. The maximum atomic E-state index is 8.78. The zero-order valence-electron chi connectivity index (χ0n) is 13.0. The fourth-order valence-corrected chi connectivity index (χ4v) is 2.71. The number of nitrogens with zero attached hydrogens (tertiary/aromatic N) is 5. The molecule has 0 amide bonds.